The lowest BCUT2D eigenvalue weighted by Crippen LogP contribution is -2.59. The number of hydrogen-bond acceptors (Lipinski definition) is 9. The van der Waals surface area contributed by atoms with Crippen LogP contribution in [0.5, 0.6) is 0 Å². The summed E-state index contributed by atoms with van der Waals surface area (Å²) >= 11 is 0. The van der Waals surface area contributed by atoms with Crippen molar-refractivity contribution in [3.63, 3.8) is 0 Å². The number of tetrazole rings is 1. The Morgan fingerprint density at radius 2 is 2.05 bits per heavy atom. The second kappa shape index (κ2) is 9.30. The van der Waals surface area contributed by atoms with E-state index in [9.17, 15) is 19.6 Å². The Morgan fingerprint density at radius 3 is 2.74 bits per heavy atom. The van der Waals surface area contributed by atoms with E-state index in [-0.39, 0.29) is 30.4 Å². The lowest BCUT2D eigenvalue weighted by atomic mass is 10.1. The summed E-state index contributed by atoms with van der Waals surface area (Å²) in [7, 11) is 0. The maximum atomic E-state index is 13.8. The second-order valence-corrected chi connectivity index (χ2v) is 11.7. The van der Waals surface area contributed by atoms with Gasteiger partial charge in [-0.25, -0.2) is 4.79 Å². The standard InChI is InChI=1S/C26H31N9O4/c1-26(2,3)39-25(38)28-18(23(36)34-15(11-27)8-14-9-20(14)34)13-33-12-16-10-21(33)24(37)35(16)19-7-5-4-6-17(19)22-29-31-32-30-22/h4-7,14-16,18,20-21H,8-10,12-13H2,1-3H3,(H,28,38)(H,29,30,31,32)/t14-,15+,16-,18+,20+,21-/m1/s1. The first kappa shape index (κ1) is 25.2. The van der Waals surface area contributed by atoms with Crippen LogP contribution in [-0.2, 0) is 14.3 Å². The molecular weight excluding hydrogens is 502 g/mol. The van der Waals surface area contributed by atoms with Gasteiger partial charge < -0.3 is 19.9 Å². The highest BCUT2D eigenvalue weighted by molar-refractivity contribution is 6.04. The number of nitrogens with one attached hydrogen (secondary N) is 2. The van der Waals surface area contributed by atoms with E-state index >= 15 is 0 Å². The van der Waals surface area contributed by atoms with E-state index in [1.165, 1.54) is 0 Å². The summed E-state index contributed by atoms with van der Waals surface area (Å²) < 4.78 is 5.44. The highest BCUT2D eigenvalue weighted by atomic mass is 16.6. The molecule has 1 aromatic carbocycles. The molecule has 1 aromatic heterocycles. The summed E-state index contributed by atoms with van der Waals surface area (Å²) in [6.45, 7) is 5.94. The van der Waals surface area contributed by atoms with Crippen LogP contribution in [0.25, 0.3) is 11.4 Å². The molecule has 0 spiro atoms. The Kier molecular flexibility index (Phi) is 6.02. The number of nitriles is 1. The van der Waals surface area contributed by atoms with Gasteiger partial charge in [0.2, 0.25) is 17.6 Å². The molecule has 4 heterocycles. The van der Waals surface area contributed by atoms with Crippen molar-refractivity contribution in [1.29, 1.82) is 5.26 Å². The number of para-hydroxylation sites is 1. The fraction of sp³-hybridized carbons (Fsp3) is 0.577. The Balaban J connectivity index is 1.21. The number of ether oxygens (including phenoxy) is 1. The van der Waals surface area contributed by atoms with Crippen molar-refractivity contribution in [3.05, 3.63) is 24.3 Å². The lowest BCUT2D eigenvalue weighted by molar-refractivity contribution is -0.136. The molecule has 204 valence electrons. The predicted octanol–water partition coefficient (Wildman–Crippen LogP) is 1.06. The third-order valence-corrected chi connectivity index (χ3v) is 7.93. The molecule has 3 aliphatic heterocycles. The SMILES string of the molecule is CC(C)(C)OC(=O)N[C@@H](CN1C[C@H]2C[C@@H]1C(=O)N2c1ccccc1-c1nn[nH]n1)C(=O)N1[C@H](C#N)C[C@@H]2C[C@@H]21. The minimum atomic E-state index is -0.942. The number of H-pyrrole nitrogens is 1. The first-order chi connectivity index (χ1) is 18.6. The number of aromatic amines is 1. The largest absolute Gasteiger partial charge is 0.444 e. The van der Waals surface area contributed by atoms with Gasteiger partial charge in [-0.05, 0) is 63.3 Å². The number of benzene rings is 1. The summed E-state index contributed by atoms with van der Waals surface area (Å²) in [6, 6.07) is 7.72. The van der Waals surface area contributed by atoms with Gasteiger partial charge >= 0.3 is 6.09 Å². The number of piperidine rings is 1. The molecule has 4 fully saturated rings. The smallest absolute Gasteiger partial charge is 0.408 e. The highest BCUT2D eigenvalue weighted by Crippen LogP contribution is 2.48. The molecule has 3 amide bonds. The van der Waals surface area contributed by atoms with Gasteiger partial charge in [-0.1, -0.05) is 12.1 Å². The number of fused-ring (bicyclic) bond motifs is 3. The van der Waals surface area contributed by atoms with E-state index in [0.717, 1.165) is 6.42 Å². The van der Waals surface area contributed by atoms with Gasteiger partial charge in [0.15, 0.2) is 0 Å². The summed E-state index contributed by atoms with van der Waals surface area (Å²) in [6.07, 6.45) is 1.44. The van der Waals surface area contributed by atoms with Crippen molar-refractivity contribution in [2.24, 2.45) is 5.92 Å². The number of carbonyl (C=O) groups excluding carboxylic acids is 3. The van der Waals surface area contributed by atoms with Crippen LogP contribution in [0.1, 0.15) is 40.0 Å². The Morgan fingerprint density at radius 1 is 1.26 bits per heavy atom. The van der Waals surface area contributed by atoms with E-state index in [1.54, 1.807) is 30.6 Å². The normalized spacial score (nSPS) is 28.3. The van der Waals surface area contributed by atoms with Crippen molar-refractivity contribution < 1.29 is 19.1 Å². The van der Waals surface area contributed by atoms with Gasteiger partial charge in [0.25, 0.3) is 0 Å². The van der Waals surface area contributed by atoms with Crippen LogP contribution in [-0.4, -0.2) is 97.2 Å². The molecule has 6 atom stereocenters. The van der Waals surface area contributed by atoms with E-state index in [4.69, 9.17) is 4.74 Å². The van der Waals surface area contributed by atoms with E-state index in [0.29, 0.717) is 42.4 Å². The number of hydrogen-bond donors (Lipinski definition) is 2. The summed E-state index contributed by atoms with van der Waals surface area (Å²) in [5, 5.41) is 26.6. The second-order valence-electron chi connectivity index (χ2n) is 11.7. The number of anilines is 1. The fourth-order valence-electron chi connectivity index (χ4n) is 6.27. The topological polar surface area (TPSA) is 160 Å². The monoisotopic (exact) mass is 533 g/mol. The number of alkyl carbamates (subject to hydrolysis) is 1. The van der Waals surface area contributed by atoms with Gasteiger partial charge in [-0.2, -0.15) is 10.5 Å². The van der Waals surface area contributed by atoms with Gasteiger partial charge in [0, 0.05) is 24.7 Å². The molecule has 13 nitrogen and oxygen atoms in total. The van der Waals surface area contributed by atoms with Crippen molar-refractivity contribution in [3.8, 4) is 17.5 Å². The predicted molar refractivity (Wildman–Crippen MR) is 137 cm³/mol. The number of carbonyl (C=O) groups is 3. The first-order valence-electron chi connectivity index (χ1n) is 13.3. The van der Waals surface area contributed by atoms with E-state index in [2.05, 4.69) is 32.0 Å². The number of nitrogens with zero attached hydrogens (tertiary/aromatic N) is 7. The zero-order chi connectivity index (χ0) is 27.5. The molecule has 6 rings (SSSR count). The van der Waals surface area contributed by atoms with Gasteiger partial charge in [-0.3, -0.25) is 14.5 Å². The van der Waals surface area contributed by atoms with Crippen LogP contribution in [0, 0.1) is 17.2 Å². The van der Waals surface area contributed by atoms with Crippen LogP contribution < -0.4 is 10.2 Å². The van der Waals surface area contributed by atoms with Crippen molar-refractivity contribution in [1.82, 2.24) is 35.7 Å². The molecule has 2 bridgehead atoms. The first-order valence-corrected chi connectivity index (χ1v) is 13.3. The molecule has 0 radical (unpaired) electrons. The minimum absolute atomic E-state index is 0.0406. The number of piperazine rings is 1. The van der Waals surface area contributed by atoms with Gasteiger partial charge in [-0.15, -0.1) is 10.2 Å². The lowest BCUT2D eigenvalue weighted by Gasteiger charge is -2.37. The molecule has 39 heavy (non-hydrogen) atoms. The van der Waals surface area contributed by atoms with Crippen molar-refractivity contribution >= 4 is 23.6 Å². The zero-order valence-electron chi connectivity index (χ0n) is 22.1. The van der Waals surface area contributed by atoms with Gasteiger partial charge in [0.1, 0.15) is 17.7 Å². The number of aromatic nitrogens is 4. The number of rotatable bonds is 6. The molecule has 2 aromatic rings. The minimum Gasteiger partial charge on any atom is -0.444 e. The molecule has 1 saturated carbocycles. The van der Waals surface area contributed by atoms with Crippen LogP contribution in [0.2, 0.25) is 0 Å². The molecule has 3 saturated heterocycles. The fourth-order valence-corrected chi connectivity index (χ4v) is 6.27. The Labute approximate surface area is 225 Å². The molecule has 4 aliphatic rings. The molecule has 1 aliphatic carbocycles. The molecule has 13 heteroatoms. The van der Waals surface area contributed by atoms with E-state index in [1.807, 2.05) is 29.2 Å². The third-order valence-electron chi connectivity index (χ3n) is 7.93. The van der Waals surface area contributed by atoms with Crippen LogP contribution in [0.4, 0.5) is 10.5 Å². The Hall–Kier alpha value is -4.05. The Bertz CT molecular complexity index is 1330. The van der Waals surface area contributed by atoms with Gasteiger partial charge in [0.05, 0.1) is 23.8 Å². The highest BCUT2D eigenvalue weighted by Gasteiger charge is 2.56. The maximum Gasteiger partial charge on any atom is 0.408 e. The zero-order valence-corrected chi connectivity index (χ0v) is 22.1. The van der Waals surface area contributed by atoms with Crippen molar-refractivity contribution in [2.45, 2.75) is 75.8 Å². The van der Waals surface area contributed by atoms with Crippen LogP contribution >= 0.6 is 0 Å². The summed E-state index contributed by atoms with van der Waals surface area (Å²) in [5.74, 6) is 0.371. The molecule has 2 N–H and O–H groups in total. The summed E-state index contributed by atoms with van der Waals surface area (Å²) in [5.41, 5.74) is 0.676. The maximum absolute atomic E-state index is 13.8. The number of amides is 3. The summed E-state index contributed by atoms with van der Waals surface area (Å²) in [4.78, 5) is 45.5. The quantitative estimate of drug-likeness (QED) is 0.553. The van der Waals surface area contributed by atoms with E-state index < -0.39 is 29.8 Å². The van der Waals surface area contributed by atoms with Crippen molar-refractivity contribution in [2.75, 3.05) is 18.0 Å². The average Bonchev–Trinajstić information content (AvgIpc) is 3.32. The molecular formula is C26H31N9O4. The molecule has 0 unspecified atom stereocenters. The van der Waals surface area contributed by atoms with Crippen LogP contribution in [0.3, 0.4) is 0 Å². The van der Waals surface area contributed by atoms with Crippen LogP contribution in [0.15, 0.2) is 24.3 Å². The average molecular weight is 534 g/mol. The number of likely N-dealkylation sites (tertiary alicyclic amines) is 2. The third kappa shape index (κ3) is 4.58.